The number of benzene rings is 2. The van der Waals surface area contributed by atoms with Crippen molar-refractivity contribution in [3.63, 3.8) is 0 Å². The number of rotatable bonds is 5. The van der Waals surface area contributed by atoms with E-state index in [0.29, 0.717) is 5.69 Å². The Kier molecular flexibility index (Phi) is 4.79. The average Bonchev–Trinajstić information content (AvgIpc) is 2.46. The van der Waals surface area contributed by atoms with Gasteiger partial charge in [-0.3, -0.25) is 4.79 Å². The fraction of sp³-hybridized carbons (Fsp3) is 0.0667. The Morgan fingerprint density at radius 1 is 1.05 bits per heavy atom. The standard InChI is InChI=1S/C15H13NO3S/c17-14(10-20-13-7-2-1-3-8-13)16-12-6-4-5-11(9-12)15(18)19/h1-9H,10H2,(H,16,17)(H,18,19). The Labute approximate surface area is 120 Å². The Hall–Kier alpha value is -2.27. The summed E-state index contributed by atoms with van der Waals surface area (Å²) in [5.74, 6) is -0.900. The van der Waals surface area contributed by atoms with E-state index in [2.05, 4.69) is 5.32 Å². The van der Waals surface area contributed by atoms with Crippen LogP contribution >= 0.6 is 11.8 Å². The van der Waals surface area contributed by atoms with Crippen molar-refractivity contribution in [2.24, 2.45) is 0 Å². The van der Waals surface area contributed by atoms with Crippen LogP contribution in [0.1, 0.15) is 10.4 Å². The van der Waals surface area contributed by atoms with Gasteiger partial charge in [-0.25, -0.2) is 4.79 Å². The molecule has 0 saturated carbocycles. The average molecular weight is 287 g/mol. The molecule has 102 valence electrons. The van der Waals surface area contributed by atoms with Crippen molar-refractivity contribution in [1.29, 1.82) is 0 Å². The lowest BCUT2D eigenvalue weighted by molar-refractivity contribution is -0.113. The number of carbonyl (C=O) groups is 2. The Morgan fingerprint density at radius 2 is 1.80 bits per heavy atom. The summed E-state index contributed by atoms with van der Waals surface area (Å²) in [4.78, 5) is 23.6. The van der Waals surface area contributed by atoms with Gasteiger partial charge in [-0.2, -0.15) is 0 Å². The first kappa shape index (κ1) is 14.1. The predicted octanol–water partition coefficient (Wildman–Crippen LogP) is 3.12. The molecule has 0 aliphatic heterocycles. The summed E-state index contributed by atoms with van der Waals surface area (Å²) in [6.45, 7) is 0. The van der Waals surface area contributed by atoms with Crippen LogP contribution in [0.4, 0.5) is 5.69 Å². The molecular weight excluding hydrogens is 274 g/mol. The van der Waals surface area contributed by atoms with Crippen LogP contribution in [0.15, 0.2) is 59.5 Å². The lowest BCUT2D eigenvalue weighted by atomic mass is 10.2. The van der Waals surface area contributed by atoms with Gasteiger partial charge in [0.15, 0.2) is 0 Å². The van der Waals surface area contributed by atoms with Crippen molar-refractivity contribution in [1.82, 2.24) is 0 Å². The number of carboxylic acid groups (broad SMARTS) is 1. The molecular formula is C15H13NO3S. The molecule has 0 saturated heterocycles. The molecule has 20 heavy (non-hydrogen) atoms. The van der Waals surface area contributed by atoms with Crippen LogP contribution in [0.3, 0.4) is 0 Å². The highest BCUT2D eigenvalue weighted by atomic mass is 32.2. The van der Waals surface area contributed by atoms with E-state index in [9.17, 15) is 9.59 Å². The summed E-state index contributed by atoms with van der Waals surface area (Å²) in [5, 5.41) is 11.6. The summed E-state index contributed by atoms with van der Waals surface area (Å²) in [6, 6.07) is 15.8. The van der Waals surface area contributed by atoms with Crippen molar-refractivity contribution in [2.45, 2.75) is 4.90 Å². The van der Waals surface area contributed by atoms with Gasteiger partial charge in [0.2, 0.25) is 5.91 Å². The molecule has 5 heteroatoms. The number of aromatic carboxylic acids is 1. The maximum atomic E-state index is 11.8. The van der Waals surface area contributed by atoms with E-state index in [4.69, 9.17) is 5.11 Å². The Morgan fingerprint density at radius 3 is 2.50 bits per heavy atom. The molecule has 0 aliphatic carbocycles. The smallest absolute Gasteiger partial charge is 0.335 e. The second-order valence-corrected chi connectivity index (χ2v) is 5.08. The minimum absolute atomic E-state index is 0.151. The lowest BCUT2D eigenvalue weighted by Crippen LogP contribution is -2.14. The molecule has 2 aromatic rings. The molecule has 0 bridgehead atoms. The quantitative estimate of drug-likeness (QED) is 0.829. The number of hydrogen-bond acceptors (Lipinski definition) is 3. The molecule has 1 amide bonds. The van der Waals surface area contributed by atoms with E-state index in [1.807, 2.05) is 30.3 Å². The molecule has 0 radical (unpaired) electrons. The highest BCUT2D eigenvalue weighted by Crippen LogP contribution is 2.17. The van der Waals surface area contributed by atoms with E-state index in [1.54, 1.807) is 12.1 Å². The summed E-state index contributed by atoms with van der Waals surface area (Å²) < 4.78 is 0. The summed E-state index contributed by atoms with van der Waals surface area (Å²) in [6.07, 6.45) is 0. The van der Waals surface area contributed by atoms with Gasteiger partial charge < -0.3 is 10.4 Å². The zero-order valence-electron chi connectivity index (χ0n) is 10.6. The largest absolute Gasteiger partial charge is 0.478 e. The number of nitrogens with one attached hydrogen (secondary N) is 1. The molecule has 0 unspecified atom stereocenters. The van der Waals surface area contributed by atoms with Crippen molar-refractivity contribution in [3.05, 3.63) is 60.2 Å². The molecule has 2 rings (SSSR count). The van der Waals surface area contributed by atoms with E-state index >= 15 is 0 Å². The molecule has 0 fully saturated rings. The van der Waals surface area contributed by atoms with Crippen LogP contribution < -0.4 is 5.32 Å². The number of carboxylic acids is 1. The van der Waals surface area contributed by atoms with Crippen LogP contribution in [0.25, 0.3) is 0 Å². The van der Waals surface area contributed by atoms with Gasteiger partial charge in [0, 0.05) is 10.6 Å². The van der Waals surface area contributed by atoms with Crippen molar-refractivity contribution >= 4 is 29.3 Å². The van der Waals surface area contributed by atoms with Gasteiger partial charge >= 0.3 is 5.97 Å². The number of carbonyl (C=O) groups excluding carboxylic acids is 1. The van der Waals surface area contributed by atoms with E-state index in [-0.39, 0.29) is 17.2 Å². The monoisotopic (exact) mass is 287 g/mol. The first-order valence-electron chi connectivity index (χ1n) is 5.96. The van der Waals surface area contributed by atoms with Crippen molar-refractivity contribution in [3.8, 4) is 0 Å². The van der Waals surface area contributed by atoms with E-state index < -0.39 is 5.97 Å². The summed E-state index contributed by atoms with van der Waals surface area (Å²) in [5.41, 5.74) is 0.641. The number of anilines is 1. The fourth-order valence-corrected chi connectivity index (χ4v) is 2.31. The van der Waals surface area contributed by atoms with Crippen LogP contribution in [0.2, 0.25) is 0 Å². The fourth-order valence-electron chi connectivity index (χ4n) is 1.59. The van der Waals surface area contributed by atoms with Crippen LogP contribution in [0, 0.1) is 0 Å². The third kappa shape index (κ3) is 4.13. The Balaban J connectivity index is 1.91. The third-order valence-corrected chi connectivity index (χ3v) is 3.52. The van der Waals surface area contributed by atoms with Crippen LogP contribution in [-0.2, 0) is 4.79 Å². The molecule has 2 aromatic carbocycles. The predicted molar refractivity (Wildman–Crippen MR) is 79.2 cm³/mol. The minimum Gasteiger partial charge on any atom is -0.478 e. The number of hydrogen-bond donors (Lipinski definition) is 2. The normalized spacial score (nSPS) is 10.0. The van der Waals surface area contributed by atoms with Gasteiger partial charge in [-0.05, 0) is 30.3 Å². The zero-order chi connectivity index (χ0) is 14.4. The second kappa shape index (κ2) is 6.77. The first-order chi connectivity index (χ1) is 9.65. The van der Waals surface area contributed by atoms with Gasteiger partial charge in [0.25, 0.3) is 0 Å². The maximum absolute atomic E-state index is 11.8. The minimum atomic E-state index is -1.01. The molecule has 0 atom stereocenters. The number of amides is 1. The molecule has 0 spiro atoms. The van der Waals surface area contributed by atoms with Crippen molar-refractivity contribution < 1.29 is 14.7 Å². The molecule has 0 aliphatic rings. The lowest BCUT2D eigenvalue weighted by Gasteiger charge is -2.06. The Bertz CT molecular complexity index is 614. The van der Waals surface area contributed by atoms with E-state index in [1.165, 1.54) is 23.9 Å². The van der Waals surface area contributed by atoms with Gasteiger partial charge in [-0.15, -0.1) is 11.8 Å². The molecule has 0 aromatic heterocycles. The topological polar surface area (TPSA) is 66.4 Å². The molecule has 0 heterocycles. The third-order valence-electron chi connectivity index (χ3n) is 2.51. The maximum Gasteiger partial charge on any atom is 0.335 e. The number of thioether (sulfide) groups is 1. The molecule has 4 nitrogen and oxygen atoms in total. The highest BCUT2D eigenvalue weighted by Gasteiger charge is 2.06. The van der Waals surface area contributed by atoms with Gasteiger partial charge in [0.05, 0.1) is 11.3 Å². The van der Waals surface area contributed by atoms with Crippen molar-refractivity contribution in [2.75, 3.05) is 11.1 Å². The van der Waals surface area contributed by atoms with Gasteiger partial charge in [-0.1, -0.05) is 24.3 Å². The summed E-state index contributed by atoms with van der Waals surface area (Å²) in [7, 11) is 0. The highest BCUT2D eigenvalue weighted by molar-refractivity contribution is 8.00. The van der Waals surface area contributed by atoms with E-state index in [0.717, 1.165) is 4.90 Å². The SMILES string of the molecule is O=C(CSc1ccccc1)Nc1cccc(C(=O)O)c1. The summed E-state index contributed by atoms with van der Waals surface area (Å²) >= 11 is 1.43. The van der Waals surface area contributed by atoms with Crippen LogP contribution in [0.5, 0.6) is 0 Å². The van der Waals surface area contributed by atoms with Crippen LogP contribution in [-0.4, -0.2) is 22.7 Å². The second-order valence-electron chi connectivity index (χ2n) is 4.04. The van der Waals surface area contributed by atoms with Gasteiger partial charge in [0.1, 0.15) is 0 Å². The molecule has 2 N–H and O–H groups in total. The zero-order valence-corrected chi connectivity index (χ0v) is 11.4. The first-order valence-corrected chi connectivity index (χ1v) is 6.95.